The molecule has 0 aliphatic carbocycles. The summed E-state index contributed by atoms with van der Waals surface area (Å²) in [6.45, 7) is 6.06. The van der Waals surface area contributed by atoms with Crippen LogP contribution in [-0.4, -0.2) is 21.9 Å². The molecular formula is C11H18N4O. The van der Waals surface area contributed by atoms with E-state index < -0.39 is 6.04 Å². The number of hydrogen-bond donors (Lipinski definition) is 2. The molecule has 1 aromatic rings. The zero-order chi connectivity index (χ0) is 12.1. The summed E-state index contributed by atoms with van der Waals surface area (Å²) in [7, 11) is 0. The number of nitrogens with one attached hydrogen (secondary N) is 1. The molecule has 0 saturated carbocycles. The van der Waals surface area contributed by atoms with Gasteiger partial charge in [0, 0.05) is 6.20 Å². The summed E-state index contributed by atoms with van der Waals surface area (Å²) in [5.41, 5.74) is 7.29. The summed E-state index contributed by atoms with van der Waals surface area (Å²) in [5, 5.41) is 2.73. The zero-order valence-corrected chi connectivity index (χ0v) is 9.90. The molecular weight excluding hydrogens is 204 g/mol. The molecule has 5 heteroatoms. The molecule has 0 unspecified atom stereocenters. The van der Waals surface area contributed by atoms with Crippen molar-refractivity contribution in [3.05, 3.63) is 23.8 Å². The van der Waals surface area contributed by atoms with Crippen molar-refractivity contribution in [3.63, 3.8) is 0 Å². The highest BCUT2D eigenvalue weighted by atomic mass is 16.2. The molecule has 5 nitrogen and oxygen atoms in total. The number of aryl methyl sites for hydroxylation is 1. The third-order valence-electron chi connectivity index (χ3n) is 2.30. The van der Waals surface area contributed by atoms with Gasteiger partial charge in [-0.15, -0.1) is 0 Å². The van der Waals surface area contributed by atoms with Crippen molar-refractivity contribution >= 4 is 5.91 Å². The van der Waals surface area contributed by atoms with E-state index in [1.807, 2.05) is 20.8 Å². The van der Waals surface area contributed by atoms with E-state index in [9.17, 15) is 4.79 Å². The molecule has 1 aromatic heterocycles. The standard InChI is InChI=1S/C11H18N4O/c1-7(2)10(12)11(16)15-6-9-5-13-8(3)4-14-9/h4-5,7,10H,6,12H2,1-3H3,(H,15,16)/t10-/m0/s1. The molecule has 1 amide bonds. The van der Waals surface area contributed by atoms with Crippen LogP contribution in [0.1, 0.15) is 25.2 Å². The van der Waals surface area contributed by atoms with Crippen LogP contribution >= 0.6 is 0 Å². The molecule has 0 saturated heterocycles. The maximum atomic E-state index is 11.5. The van der Waals surface area contributed by atoms with Crippen molar-refractivity contribution in [2.45, 2.75) is 33.4 Å². The Balaban J connectivity index is 2.46. The monoisotopic (exact) mass is 222 g/mol. The van der Waals surface area contributed by atoms with E-state index in [0.29, 0.717) is 6.54 Å². The lowest BCUT2D eigenvalue weighted by Gasteiger charge is -2.14. The quantitative estimate of drug-likeness (QED) is 0.772. The molecule has 0 aliphatic heterocycles. The molecule has 1 atom stereocenters. The van der Waals surface area contributed by atoms with Crippen molar-refractivity contribution in [1.82, 2.24) is 15.3 Å². The van der Waals surface area contributed by atoms with Crippen molar-refractivity contribution < 1.29 is 4.79 Å². The van der Waals surface area contributed by atoms with Crippen LogP contribution in [0.4, 0.5) is 0 Å². The number of carbonyl (C=O) groups excluding carboxylic acids is 1. The first-order valence-electron chi connectivity index (χ1n) is 5.31. The predicted molar refractivity (Wildman–Crippen MR) is 61.4 cm³/mol. The Labute approximate surface area is 95.5 Å². The Morgan fingerprint density at radius 1 is 1.44 bits per heavy atom. The highest BCUT2D eigenvalue weighted by Crippen LogP contribution is 1.99. The normalized spacial score (nSPS) is 12.6. The Hall–Kier alpha value is -1.49. The van der Waals surface area contributed by atoms with Crippen LogP contribution in [0.15, 0.2) is 12.4 Å². The molecule has 3 N–H and O–H groups in total. The van der Waals surface area contributed by atoms with Gasteiger partial charge >= 0.3 is 0 Å². The summed E-state index contributed by atoms with van der Waals surface area (Å²) in [6.07, 6.45) is 3.32. The van der Waals surface area contributed by atoms with E-state index in [0.717, 1.165) is 11.4 Å². The Morgan fingerprint density at radius 2 is 2.12 bits per heavy atom. The number of nitrogens with zero attached hydrogens (tertiary/aromatic N) is 2. The molecule has 0 fully saturated rings. The topological polar surface area (TPSA) is 80.9 Å². The lowest BCUT2D eigenvalue weighted by Crippen LogP contribution is -2.43. The molecule has 0 radical (unpaired) electrons. The van der Waals surface area contributed by atoms with Crippen molar-refractivity contribution in [2.24, 2.45) is 11.7 Å². The molecule has 1 rings (SSSR count). The molecule has 0 spiro atoms. The predicted octanol–water partition coefficient (Wildman–Crippen LogP) is 0.385. The van der Waals surface area contributed by atoms with Gasteiger partial charge in [0.15, 0.2) is 0 Å². The number of carbonyl (C=O) groups is 1. The largest absolute Gasteiger partial charge is 0.349 e. The minimum atomic E-state index is -0.474. The molecule has 0 aliphatic rings. The van der Waals surface area contributed by atoms with Gasteiger partial charge in [0.25, 0.3) is 0 Å². The summed E-state index contributed by atoms with van der Waals surface area (Å²) in [5.74, 6) is -0.0264. The second kappa shape index (κ2) is 5.55. The van der Waals surface area contributed by atoms with Gasteiger partial charge in [-0.25, -0.2) is 0 Å². The number of hydrogen-bond acceptors (Lipinski definition) is 4. The van der Waals surface area contributed by atoms with Crippen molar-refractivity contribution in [2.75, 3.05) is 0 Å². The van der Waals surface area contributed by atoms with Crippen molar-refractivity contribution in [3.8, 4) is 0 Å². The Kier molecular flexibility index (Phi) is 4.37. The van der Waals surface area contributed by atoms with Gasteiger partial charge in [-0.1, -0.05) is 13.8 Å². The highest BCUT2D eigenvalue weighted by Gasteiger charge is 2.16. The maximum absolute atomic E-state index is 11.5. The van der Waals surface area contributed by atoms with Crippen LogP contribution in [0.5, 0.6) is 0 Å². The van der Waals surface area contributed by atoms with Crippen LogP contribution in [0, 0.1) is 12.8 Å². The Morgan fingerprint density at radius 3 is 2.62 bits per heavy atom. The van der Waals surface area contributed by atoms with Gasteiger partial charge in [-0.3, -0.25) is 14.8 Å². The van der Waals surface area contributed by atoms with Gasteiger partial charge in [-0.05, 0) is 12.8 Å². The van der Waals surface area contributed by atoms with Gasteiger partial charge in [0.1, 0.15) is 0 Å². The van der Waals surface area contributed by atoms with Crippen molar-refractivity contribution in [1.29, 1.82) is 0 Å². The second-order valence-corrected chi connectivity index (χ2v) is 4.14. The fourth-order valence-corrected chi connectivity index (χ4v) is 1.11. The van der Waals surface area contributed by atoms with E-state index in [2.05, 4.69) is 15.3 Å². The number of nitrogens with two attached hydrogens (primary N) is 1. The van der Waals surface area contributed by atoms with Crippen LogP contribution in [0.25, 0.3) is 0 Å². The smallest absolute Gasteiger partial charge is 0.237 e. The summed E-state index contributed by atoms with van der Waals surface area (Å²) in [6, 6.07) is -0.474. The van der Waals surface area contributed by atoms with E-state index >= 15 is 0 Å². The lowest BCUT2D eigenvalue weighted by molar-refractivity contribution is -0.123. The average Bonchev–Trinajstić information content (AvgIpc) is 2.26. The van der Waals surface area contributed by atoms with Gasteiger partial charge in [0.2, 0.25) is 5.91 Å². The lowest BCUT2D eigenvalue weighted by atomic mass is 10.1. The fraction of sp³-hybridized carbons (Fsp3) is 0.545. The SMILES string of the molecule is Cc1cnc(CNC(=O)[C@@H](N)C(C)C)cn1. The summed E-state index contributed by atoms with van der Waals surface area (Å²) < 4.78 is 0. The highest BCUT2D eigenvalue weighted by molar-refractivity contribution is 5.81. The van der Waals surface area contributed by atoms with E-state index in [1.54, 1.807) is 12.4 Å². The molecule has 1 heterocycles. The van der Waals surface area contributed by atoms with Crippen LogP contribution < -0.4 is 11.1 Å². The van der Waals surface area contributed by atoms with Crippen LogP contribution in [-0.2, 0) is 11.3 Å². The number of aromatic nitrogens is 2. The zero-order valence-electron chi connectivity index (χ0n) is 9.90. The average molecular weight is 222 g/mol. The molecule has 88 valence electrons. The molecule has 16 heavy (non-hydrogen) atoms. The van der Waals surface area contributed by atoms with E-state index in [4.69, 9.17) is 5.73 Å². The maximum Gasteiger partial charge on any atom is 0.237 e. The molecule has 0 aromatic carbocycles. The first kappa shape index (κ1) is 12.6. The van der Waals surface area contributed by atoms with Gasteiger partial charge < -0.3 is 11.1 Å². The number of amides is 1. The minimum Gasteiger partial charge on any atom is -0.349 e. The second-order valence-electron chi connectivity index (χ2n) is 4.14. The first-order valence-corrected chi connectivity index (χ1v) is 5.31. The minimum absolute atomic E-state index is 0.129. The third kappa shape index (κ3) is 3.58. The third-order valence-corrected chi connectivity index (χ3v) is 2.30. The Bertz CT molecular complexity index is 348. The molecule has 0 bridgehead atoms. The fourth-order valence-electron chi connectivity index (χ4n) is 1.11. The van der Waals surface area contributed by atoms with Gasteiger partial charge in [0.05, 0.1) is 30.2 Å². The van der Waals surface area contributed by atoms with E-state index in [1.165, 1.54) is 0 Å². The summed E-state index contributed by atoms with van der Waals surface area (Å²) in [4.78, 5) is 19.8. The van der Waals surface area contributed by atoms with Crippen LogP contribution in [0.2, 0.25) is 0 Å². The van der Waals surface area contributed by atoms with Crippen LogP contribution in [0.3, 0.4) is 0 Å². The van der Waals surface area contributed by atoms with Gasteiger partial charge in [-0.2, -0.15) is 0 Å². The van der Waals surface area contributed by atoms with E-state index in [-0.39, 0.29) is 11.8 Å². The summed E-state index contributed by atoms with van der Waals surface area (Å²) >= 11 is 0. The number of rotatable bonds is 4. The first-order chi connectivity index (χ1) is 7.50.